The van der Waals surface area contributed by atoms with Crippen LogP contribution in [0.1, 0.15) is 12.0 Å². The summed E-state index contributed by atoms with van der Waals surface area (Å²) in [4.78, 5) is 16.4. The Morgan fingerprint density at radius 3 is 2.20 bits per heavy atom. The molecule has 136 valence electrons. The van der Waals surface area contributed by atoms with Crippen molar-refractivity contribution in [2.24, 2.45) is 0 Å². The Labute approximate surface area is 146 Å². The number of carbonyl (C=O) groups is 1. The first kappa shape index (κ1) is 18.5. The molecule has 1 aliphatic heterocycles. The number of hydroxylamine groups is 1. The Balaban J connectivity index is 2.19. The number of aliphatic carboxylic acids is 1. The summed E-state index contributed by atoms with van der Waals surface area (Å²) in [6, 6.07) is 3.70. The van der Waals surface area contributed by atoms with E-state index < -0.39 is 5.97 Å². The third kappa shape index (κ3) is 4.16. The van der Waals surface area contributed by atoms with Crippen molar-refractivity contribution in [3.05, 3.63) is 41.2 Å². The average molecular weight is 350 g/mol. The summed E-state index contributed by atoms with van der Waals surface area (Å²) >= 11 is 0. The maximum absolute atomic E-state index is 11.4. The number of benzene rings is 1. The Bertz CT molecular complexity index is 673. The van der Waals surface area contributed by atoms with Crippen LogP contribution < -0.4 is 19.6 Å². The van der Waals surface area contributed by atoms with Gasteiger partial charge in [0.1, 0.15) is 0 Å². The molecular weight excluding hydrogens is 328 g/mol. The summed E-state index contributed by atoms with van der Waals surface area (Å²) in [7, 11) is 6.10. The number of carboxylic acid groups (broad SMARTS) is 1. The van der Waals surface area contributed by atoms with Crippen LogP contribution in [0.25, 0.3) is 0 Å². The summed E-state index contributed by atoms with van der Waals surface area (Å²) in [5.41, 5.74) is 4.62. The molecule has 2 rings (SSSR count). The summed E-state index contributed by atoms with van der Waals surface area (Å²) in [5.74, 6) is 0.633. The standard InChI is InChI=1S/C17H22N2O6/c1-22-14-7-11(8-15(23-2)16(14)24-3)5-6-12-9-18-19(25-4)10-13(12)17(20)21/h7-10,18H,5-6H2,1-4H3,(H,20,21). The highest BCUT2D eigenvalue weighted by atomic mass is 16.7. The molecular formula is C17H22N2O6. The van der Waals surface area contributed by atoms with E-state index in [1.54, 1.807) is 27.5 Å². The lowest BCUT2D eigenvalue weighted by Gasteiger charge is -2.24. The SMILES string of the molecule is COc1cc(CCC2=CNN(OC)C=C2C(=O)O)cc(OC)c1OC. The maximum atomic E-state index is 11.4. The highest BCUT2D eigenvalue weighted by molar-refractivity contribution is 5.91. The Hall–Kier alpha value is -2.87. The zero-order chi connectivity index (χ0) is 18.4. The van der Waals surface area contributed by atoms with Gasteiger partial charge in [0.25, 0.3) is 0 Å². The third-order valence-electron chi connectivity index (χ3n) is 3.79. The predicted molar refractivity (Wildman–Crippen MR) is 90.2 cm³/mol. The lowest BCUT2D eigenvalue weighted by Crippen LogP contribution is -2.33. The van der Waals surface area contributed by atoms with Gasteiger partial charge in [-0.1, -0.05) is 0 Å². The molecule has 0 radical (unpaired) electrons. The number of nitrogens with one attached hydrogen (secondary N) is 1. The minimum atomic E-state index is -1.01. The average Bonchev–Trinajstić information content (AvgIpc) is 2.64. The second kappa shape index (κ2) is 8.29. The molecule has 0 spiro atoms. The molecule has 0 saturated carbocycles. The van der Waals surface area contributed by atoms with Crippen molar-refractivity contribution in [1.29, 1.82) is 0 Å². The van der Waals surface area contributed by atoms with Crippen molar-refractivity contribution in [2.75, 3.05) is 28.4 Å². The predicted octanol–water partition coefficient (Wildman–Crippen LogP) is 1.88. The molecule has 0 amide bonds. The van der Waals surface area contributed by atoms with Gasteiger partial charge in [-0.2, -0.15) is 5.17 Å². The van der Waals surface area contributed by atoms with Crippen LogP contribution in [0.4, 0.5) is 0 Å². The van der Waals surface area contributed by atoms with Crippen molar-refractivity contribution in [3.8, 4) is 17.2 Å². The van der Waals surface area contributed by atoms with Crippen LogP contribution in [0.2, 0.25) is 0 Å². The van der Waals surface area contributed by atoms with E-state index in [4.69, 9.17) is 19.0 Å². The van der Waals surface area contributed by atoms with Crippen LogP contribution in [-0.4, -0.2) is 44.7 Å². The van der Waals surface area contributed by atoms with Gasteiger partial charge in [0.2, 0.25) is 5.75 Å². The van der Waals surface area contributed by atoms with Crippen molar-refractivity contribution >= 4 is 5.97 Å². The molecule has 0 atom stereocenters. The first-order chi connectivity index (χ1) is 12.0. The smallest absolute Gasteiger partial charge is 0.337 e. The topological polar surface area (TPSA) is 89.5 Å². The molecule has 2 N–H and O–H groups in total. The van der Waals surface area contributed by atoms with Crippen LogP contribution in [0.3, 0.4) is 0 Å². The van der Waals surface area contributed by atoms with Crippen LogP contribution in [-0.2, 0) is 16.1 Å². The van der Waals surface area contributed by atoms with Gasteiger partial charge in [-0.25, -0.2) is 4.79 Å². The molecule has 8 heteroatoms. The molecule has 1 aliphatic rings. The van der Waals surface area contributed by atoms with Crippen LogP contribution >= 0.6 is 0 Å². The van der Waals surface area contributed by atoms with Crippen molar-refractivity contribution < 1.29 is 28.9 Å². The van der Waals surface area contributed by atoms with E-state index in [9.17, 15) is 9.90 Å². The van der Waals surface area contributed by atoms with E-state index in [1.807, 2.05) is 12.1 Å². The molecule has 0 unspecified atom stereocenters. The van der Waals surface area contributed by atoms with Crippen LogP contribution in [0.15, 0.2) is 35.7 Å². The molecule has 1 heterocycles. The number of hydrazine groups is 1. The molecule has 8 nitrogen and oxygen atoms in total. The lowest BCUT2D eigenvalue weighted by atomic mass is 9.98. The van der Waals surface area contributed by atoms with Crippen molar-refractivity contribution in [3.63, 3.8) is 0 Å². The number of carboxylic acids is 1. The summed E-state index contributed by atoms with van der Waals surface area (Å²) in [6.45, 7) is 0. The number of methoxy groups -OCH3 is 3. The quantitative estimate of drug-likeness (QED) is 0.735. The Morgan fingerprint density at radius 2 is 1.72 bits per heavy atom. The second-order valence-corrected chi connectivity index (χ2v) is 5.19. The van der Waals surface area contributed by atoms with Gasteiger partial charge < -0.3 is 19.3 Å². The van der Waals surface area contributed by atoms with Crippen LogP contribution in [0, 0.1) is 0 Å². The maximum Gasteiger partial charge on any atom is 0.337 e. The Kier molecular flexibility index (Phi) is 6.13. The van der Waals surface area contributed by atoms with Crippen molar-refractivity contribution in [1.82, 2.24) is 10.6 Å². The molecule has 25 heavy (non-hydrogen) atoms. The first-order valence-corrected chi connectivity index (χ1v) is 7.57. The fraction of sp³-hybridized carbons (Fsp3) is 0.353. The van der Waals surface area contributed by atoms with E-state index in [0.717, 1.165) is 5.56 Å². The minimum absolute atomic E-state index is 0.174. The molecule has 0 bridgehead atoms. The first-order valence-electron chi connectivity index (χ1n) is 7.57. The third-order valence-corrected chi connectivity index (χ3v) is 3.79. The van der Waals surface area contributed by atoms with Gasteiger partial charge in [-0.3, -0.25) is 10.3 Å². The largest absolute Gasteiger partial charge is 0.493 e. The van der Waals surface area contributed by atoms with Gasteiger partial charge in [0, 0.05) is 6.20 Å². The molecule has 0 fully saturated rings. The monoisotopic (exact) mass is 350 g/mol. The minimum Gasteiger partial charge on any atom is -0.493 e. The van der Waals surface area contributed by atoms with E-state index in [2.05, 4.69) is 5.43 Å². The van der Waals surface area contributed by atoms with E-state index in [0.29, 0.717) is 35.7 Å². The summed E-state index contributed by atoms with van der Waals surface area (Å²) in [5, 5.41) is 10.6. The van der Waals surface area contributed by atoms with Gasteiger partial charge in [-0.15, -0.1) is 0 Å². The van der Waals surface area contributed by atoms with Gasteiger partial charge >= 0.3 is 5.97 Å². The molecule has 0 saturated heterocycles. The highest BCUT2D eigenvalue weighted by Crippen LogP contribution is 2.38. The molecule has 0 aromatic heterocycles. The number of nitrogens with zero attached hydrogens (tertiary/aromatic N) is 1. The number of ether oxygens (including phenoxy) is 3. The number of hydrogen-bond donors (Lipinski definition) is 2. The highest BCUT2D eigenvalue weighted by Gasteiger charge is 2.20. The molecule has 0 aliphatic carbocycles. The number of rotatable bonds is 8. The van der Waals surface area contributed by atoms with E-state index >= 15 is 0 Å². The fourth-order valence-electron chi connectivity index (χ4n) is 2.52. The second-order valence-electron chi connectivity index (χ2n) is 5.19. The fourth-order valence-corrected chi connectivity index (χ4v) is 2.52. The number of aryl methyl sites for hydroxylation is 1. The van der Waals surface area contributed by atoms with Crippen molar-refractivity contribution in [2.45, 2.75) is 12.8 Å². The Morgan fingerprint density at radius 1 is 1.08 bits per heavy atom. The molecule has 1 aromatic carbocycles. The van der Waals surface area contributed by atoms with Gasteiger partial charge in [-0.05, 0) is 36.1 Å². The normalized spacial score (nSPS) is 13.5. The molecule has 1 aromatic rings. The van der Waals surface area contributed by atoms with Crippen LogP contribution in [0.5, 0.6) is 17.2 Å². The zero-order valence-electron chi connectivity index (χ0n) is 14.7. The zero-order valence-corrected chi connectivity index (χ0v) is 14.7. The van der Waals surface area contributed by atoms with Gasteiger partial charge in [0.05, 0.1) is 40.2 Å². The van der Waals surface area contributed by atoms with E-state index in [1.165, 1.54) is 18.5 Å². The summed E-state index contributed by atoms with van der Waals surface area (Å²) < 4.78 is 16.0. The summed E-state index contributed by atoms with van der Waals surface area (Å²) in [6.07, 6.45) is 4.13. The lowest BCUT2D eigenvalue weighted by molar-refractivity contribution is -0.135. The van der Waals surface area contributed by atoms with E-state index in [-0.39, 0.29) is 5.57 Å². The van der Waals surface area contributed by atoms with Gasteiger partial charge in [0.15, 0.2) is 11.5 Å². The number of hydrogen-bond acceptors (Lipinski definition) is 7.